The number of aliphatic hydroxyl groups is 1. The highest BCUT2D eigenvalue weighted by molar-refractivity contribution is 6.15. The fourth-order valence-electron chi connectivity index (χ4n) is 3.39. The largest absolute Gasteiger partial charge is 0.503 e. The molecule has 148 valence electrons. The molecule has 3 rings (SSSR count). The van der Waals surface area contributed by atoms with Gasteiger partial charge in [0.25, 0.3) is 5.91 Å². The SMILES string of the molecule is COc1ccc([C@H]2C(C(=O)c3ccco3)=C(O)C(=O)N2CCC[NH+](C)C)cc1. The van der Waals surface area contributed by atoms with E-state index in [4.69, 9.17) is 9.15 Å². The summed E-state index contributed by atoms with van der Waals surface area (Å²) in [5.41, 5.74) is 0.771. The molecule has 0 fully saturated rings. The second-order valence-electron chi connectivity index (χ2n) is 7.05. The lowest BCUT2D eigenvalue weighted by molar-refractivity contribution is -0.858. The minimum Gasteiger partial charge on any atom is -0.503 e. The molecule has 0 saturated carbocycles. The van der Waals surface area contributed by atoms with E-state index in [0.717, 1.165) is 18.5 Å². The standard InChI is InChI=1S/C21H24N2O5/c1-22(2)11-5-12-23-18(14-7-9-15(27-3)10-8-14)17(20(25)21(23)26)19(24)16-6-4-13-28-16/h4,6-10,13,18,25H,5,11-12H2,1-3H3/p+1/t18-/m0/s1. The molecular weight excluding hydrogens is 360 g/mol. The van der Waals surface area contributed by atoms with Gasteiger partial charge in [-0.2, -0.15) is 0 Å². The Labute approximate surface area is 163 Å². The third kappa shape index (κ3) is 3.80. The Bertz CT molecular complexity index is 869. The Balaban J connectivity index is 1.99. The van der Waals surface area contributed by atoms with E-state index in [2.05, 4.69) is 0 Å². The molecular formula is C21H25N2O5+. The molecule has 0 bridgehead atoms. The van der Waals surface area contributed by atoms with E-state index in [1.54, 1.807) is 42.3 Å². The molecule has 1 amide bonds. The van der Waals surface area contributed by atoms with E-state index >= 15 is 0 Å². The molecule has 1 aromatic carbocycles. The zero-order valence-electron chi connectivity index (χ0n) is 16.3. The summed E-state index contributed by atoms with van der Waals surface area (Å²) < 4.78 is 10.4. The Morgan fingerprint density at radius 3 is 2.54 bits per heavy atom. The molecule has 1 aliphatic rings. The van der Waals surface area contributed by atoms with Gasteiger partial charge in [-0.05, 0) is 29.8 Å². The zero-order valence-corrected chi connectivity index (χ0v) is 16.3. The highest BCUT2D eigenvalue weighted by Gasteiger charge is 2.44. The van der Waals surface area contributed by atoms with E-state index in [1.807, 2.05) is 14.1 Å². The number of furan rings is 1. The smallest absolute Gasteiger partial charge is 0.290 e. The lowest BCUT2D eigenvalue weighted by Crippen LogP contribution is -3.05. The van der Waals surface area contributed by atoms with Crippen molar-refractivity contribution in [1.82, 2.24) is 4.90 Å². The van der Waals surface area contributed by atoms with Crippen molar-refractivity contribution in [2.24, 2.45) is 0 Å². The van der Waals surface area contributed by atoms with Gasteiger partial charge in [0.15, 0.2) is 11.5 Å². The second-order valence-corrected chi connectivity index (χ2v) is 7.05. The number of quaternary nitrogens is 1. The third-order valence-electron chi connectivity index (χ3n) is 4.80. The van der Waals surface area contributed by atoms with Crippen LogP contribution in [0.3, 0.4) is 0 Å². The molecule has 2 N–H and O–H groups in total. The van der Waals surface area contributed by atoms with Gasteiger partial charge in [-0.25, -0.2) is 0 Å². The number of hydrogen-bond donors (Lipinski definition) is 2. The van der Waals surface area contributed by atoms with Crippen LogP contribution in [0.25, 0.3) is 0 Å². The topological polar surface area (TPSA) is 84.4 Å². The van der Waals surface area contributed by atoms with Crippen LogP contribution in [0.15, 0.2) is 58.4 Å². The van der Waals surface area contributed by atoms with Crippen molar-refractivity contribution >= 4 is 11.7 Å². The van der Waals surface area contributed by atoms with Crippen LogP contribution in [0.4, 0.5) is 0 Å². The Hall–Kier alpha value is -3.06. The quantitative estimate of drug-likeness (QED) is 0.671. The van der Waals surface area contributed by atoms with Crippen LogP contribution in [0.2, 0.25) is 0 Å². The first-order valence-electron chi connectivity index (χ1n) is 9.19. The van der Waals surface area contributed by atoms with Gasteiger partial charge in [0, 0.05) is 13.0 Å². The molecule has 1 atom stereocenters. The van der Waals surface area contributed by atoms with Crippen molar-refractivity contribution in [1.29, 1.82) is 0 Å². The van der Waals surface area contributed by atoms with E-state index in [-0.39, 0.29) is 11.3 Å². The summed E-state index contributed by atoms with van der Waals surface area (Å²) in [5.74, 6) is -0.781. The van der Waals surface area contributed by atoms with Crippen LogP contribution in [0.5, 0.6) is 5.75 Å². The molecule has 2 aromatic rings. The highest BCUT2D eigenvalue weighted by Crippen LogP contribution is 2.39. The molecule has 0 radical (unpaired) electrons. The average molecular weight is 385 g/mol. The van der Waals surface area contributed by atoms with Gasteiger partial charge >= 0.3 is 0 Å². The molecule has 2 heterocycles. The lowest BCUT2D eigenvalue weighted by atomic mass is 9.95. The minimum atomic E-state index is -0.673. The third-order valence-corrected chi connectivity index (χ3v) is 4.80. The first-order valence-corrected chi connectivity index (χ1v) is 9.19. The number of carbonyl (C=O) groups excluding carboxylic acids is 2. The van der Waals surface area contributed by atoms with Gasteiger partial charge in [-0.15, -0.1) is 0 Å². The molecule has 1 aliphatic heterocycles. The number of hydrogen-bond acceptors (Lipinski definition) is 5. The van der Waals surface area contributed by atoms with Gasteiger partial charge in [0.2, 0.25) is 5.78 Å². The van der Waals surface area contributed by atoms with Crippen LogP contribution in [-0.2, 0) is 4.79 Å². The van der Waals surface area contributed by atoms with Gasteiger partial charge in [0.05, 0.1) is 45.6 Å². The summed E-state index contributed by atoms with van der Waals surface area (Å²) in [6.45, 7) is 1.29. The Morgan fingerprint density at radius 1 is 1.25 bits per heavy atom. The van der Waals surface area contributed by atoms with Gasteiger partial charge in [-0.1, -0.05) is 12.1 Å². The molecule has 7 nitrogen and oxygen atoms in total. The highest BCUT2D eigenvalue weighted by atomic mass is 16.5. The number of carbonyl (C=O) groups is 2. The summed E-state index contributed by atoms with van der Waals surface area (Å²) >= 11 is 0. The fraction of sp³-hybridized carbons (Fsp3) is 0.333. The van der Waals surface area contributed by atoms with Crippen LogP contribution in [0.1, 0.15) is 28.6 Å². The maximum absolute atomic E-state index is 13.0. The summed E-state index contributed by atoms with van der Waals surface area (Å²) in [6, 6.07) is 9.59. The molecule has 7 heteroatoms. The predicted molar refractivity (Wildman–Crippen MR) is 102 cm³/mol. The zero-order chi connectivity index (χ0) is 20.3. The molecule has 0 spiro atoms. The van der Waals surface area contributed by atoms with Crippen molar-refractivity contribution in [2.45, 2.75) is 12.5 Å². The minimum absolute atomic E-state index is 0.0438. The maximum Gasteiger partial charge on any atom is 0.290 e. The molecule has 0 aliphatic carbocycles. The fourth-order valence-corrected chi connectivity index (χ4v) is 3.39. The summed E-state index contributed by atoms with van der Waals surface area (Å²) in [7, 11) is 5.64. The van der Waals surface area contributed by atoms with E-state index in [1.165, 1.54) is 17.2 Å². The predicted octanol–water partition coefficient (Wildman–Crippen LogP) is 1.40. The monoisotopic (exact) mass is 385 g/mol. The van der Waals surface area contributed by atoms with Crippen molar-refractivity contribution in [3.8, 4) is 5.75 Å². The number of Topliss-reactive ketones (excluding diaryl/α,β-unsaturated/α-hetero) is 1. The number of ketones is 1. The number of nitrogens with one attached hydrogen (secondary N) is 1. The van der Waals surface area contributed by atoms with Gasteiger partial charge in [0.1, 0.15) is 5.75 Å². The number of rotatable bonds is 8. The summed E-state index contributed by atoms with van der Waals surface area (Å²) in [5, 5.41) is 10.5. The molecule has 0 unspecified atom stereocenters. The van der Waals surface area contributed by atoms with Crippen LogP contribution < -0.4 is 9.64 Å². The van der Waals surface area contributed by atoms with E-state index in [9.17, 15) is 14.7 Å². The average Bonchev–Trinajstić information content (AvgIpc) is 3.30. The first-order chi connectivity index (χ1) is 13.4. The molecule has 0 saturated heterocycles. The summed E-state index contributed by atoms with van der Waals surface area (Å²) in [4.78, 5) is 28.6. The van der Waals surface area contributed by atoms with Crippen molar-refractivity contribution in [3.63, 3.8) is 0 Å². The van der Waals surface area contributed by atoms with Gasteiger partial charge in [-0.3, -0.25) is 9.59 Å². The maximum atomic E-state index is 13.0. The number of nitrogens with zero attached hydrogens (tertiary/aromatic N) is 1. The van der Waals surface area contributed by atoms with E-state index in [0.29, 0.717) is 12.3 Å². The normalized spacial score (nSPS) is 16.9. The Morgan fingerprint density at radius 2 is 1.96 bits per heavy atom. The summed E-state index contributed by atoms with van der Waals surface area (Å²) in [6.07, 6.45) is 2.14. The molecule has 28 heavy (non-hydrogen) atoms. The lowest BCUT2D eigenvalue weighted by Gasteiger charge is -2.27. The van der Waals surface area contributed by atoms with E-state index < -0.39 is 23.5 Å². The van der Waals surface area contributed by atoms with Crippen molar-refractivity contribution in [2.75, 3.05) is 34.3 Å². The first kappa shape index (κ1) is 19.7. The molecule has 1 aromatic heterocycles. The number of methoxy groups -OCH3 is 1. The van der Waals surface area contributed by atoms with Crippen LogP contribution in [-0.4, -0.2) is 56.0 Å². The van der Waals surface area contributed by atoms with Crippen LogP contribution in [0, 0.1) is 0 Å². The second kappa shape index (κ2) is 8.31. The number of aliphatic hydroxyl groups excluding tert-OH is 1. The number of benzene rings is 1. The van der Waals surface area contributed by atoms with Crippen LogP contribution >= 0.6 is 0 Å². The van der Waals surface area contributed by atoms with Crippen molar-refractivity contribution < 1.29 is 28.7 Å². The number of amides is 1. The Kier molecular flexibility index (Phi) is 5.84. The number of ether oxygens (including phenoxy) is 1. The van der Waals surface area contributed by atoms with Crippen molar-refractivity contribution in [3.05, 3.63) is 65.3 Å². The van der Waals surface area contributed by atoms with Gasteiger partial charge < -0.3 is 24.1 Å².